The Bertz CT molecular complexity index is 1310. The fourth-order valence-electron chi connectivity index (χ4n) is 3.66. The summed E-state index contributed by atoms with van der Waals surface area (Å²) in [5, 5.41) is 25.5. The van der Waals surface area contributed by atoms with Gasteiger partial charge in [0, 0.05) is 21.3 Å². The number of aromatic nitrogens is 2. The number of β-lactam (4-membered cyclic amide) rings is 1. The quantitative estimate of drug-likeness (QED) is 0.207. The molecule has 5 rings (SSSR count). The first-order chi connectivity index (χ1) is 17.5. The van der Waals surface area contributed by atoms with Crippen molar-refractivity contribution < 1.29 is 24.3 Å². The summed E-state index contributed by atoms with van der Waals surface area (Å²) in [6, 6.07) is 6.93. The Balaban J connectivity index is 1.30. The minimum Gasteiger partial charge on any atom is -0.477 e. The second-order valence-corrected chi connectivity index (χ2v) is 12.5. The van der Waals surface area contributed by atoms with Gasteiger partial charge >= 0.3 is 5.97 Å². The number of aliphatic carboxylic acids is 1. The average Bonchev–Trinajstić information content (AvgIpc) is 3.41. The van der Waals surface area contributed by atoms with E-state index in [1.165, 1.54) is 70.4 Å². The molecule has 0 saturated carbocycles. The Morgan fingerprint density at radius 3 is 2.86 bits per heavy atom. The van der Waals surface area contributed by atoms with Gasteiger partial charge in [0.2, 0.25) is 0 Å². The molecule has 0 radical (unpaired) electrons. The smallest absolute Gasteiger partial charge is 0.352 e. The zero-order valence-corrected chi connectivity index (χ0v) is 22.5. The SMILES string of the molecule is CON=C(C(=O)NC1C(=O)N2C(C(=O)O)=C(CSc3nncs3)CS[C@H]12)C1=CSc2ccccc2S1. The summed E-state index contributed by atoms with van der Waals surface area (Å²) in [6.45, 7) is 0. The van der Waals surface area contributed by atoms with Crippen molar-refractivity contribution in [1.29, 1.82) is 0 Å². The van der Waals surface area contributed by atoms with Crippen LogP contribution >= 0.6 is 58.4 Å². The van der Waals surface area contributed by atoms with E-state index in [4.69, 9.17) is 4.84 Å². The van der Waals surface area contributed by atoms with Crippen LogP contribution in [-0.4, -0.2) is 73.7 Å². The predicted molar refractivity (Wildman–Crippen MR) is 141 cm³/mol. The number of hydrogen-bond acceptors (Lipinski definition) is 12. The minimum atomic E-state index is -1.17. The van der Waals surface area contributed by atoms with E-state index in [2.05, 4.69) is 20.7 Å². The van der Waals surface area contributed by atoms with Crippen LogP contribution in [-0.2, 0) is 19.2 Å². The highest BCUT2D eigenvalue weighted by molar-refractivity contribution is 8.09. The summed E-state index contributed by atoms with van der Waals surface area (Å²) in [4.78, 5) is 47.1. The van der Waals surface area contributed by atoms with Crippen LogP contribution in [0.25, 0.3) is 0 Å². The summed E-state index contributed by atoms with van der Waals surface area (Å²) >= 11 is 7.02. The predicted octanol–water partition coefficient (Wildman–Crippen LogP) is 3.11. The largest absolute Gasteiger partial charge is 0.477 e. The van der Waals surface area contributed by atoms with E-state index in [-0.39, 0.29) is 11.4 Å². The number of carboxylic acid groups (broad SMARTS) is 1. The normalized spacial score (nSPS) is 21.2. The highest BCUT2D eigenvalue weighted by Gasteiger charge is 2.54. The number of oxime groups is 1. The third-order valence-electron chi connectivity index (χ3n) is 5.24. The first kappa shape index (κ1) is 25.2. The second-order valence-electron chi connectivity index (χ2n) is 7.38. The topological polar surface area (TPSA) is 134 Å². The van der Waals surface area contributed by atoms with Gasteiger partial charge in [-0.15, -0.1) is 22.0 Å². The van der Waals surface area contributed by atoms with Crippen molar-refractivity contribution >= 4 is 81.9 Å². The van der Waals surface area contributed by atoms with Gasteiger partial charge in [-0.3, -0.25) is 14.5 Å². The van der Waals surface area contributed by atoms with Crippen LogP contribution in [0.5, 0.6) is 0 Å². The van der Waals surface area contributed by atoms with E-state index >= 15 is 0 Å². The van der Waals surface area contributed by atoms with Gasteiger partial charge in [0.25, 0.3) is 11.8 Å². The molecule has 2 atom stereocenters. The number of hydrogen-bond donors (Lipinski definition) is 2. The number of nitrogens with one attached hydrogen (secondary N) is 1. The summed E-state index contributed by atoms with van der Waals surface area (Å²) in [5.41, 5.74) is 2.26. The van der Waals surface area contributed by atoms with Gasteiger partial charge in [-0.2, -0.15) is 0 Å². The molecule has 15 heteroatoms. The highest BCUT2D eigenvalue weighted by atomic mass is 32.2. The van der Waals surface area contributed by atoms with Crippen LogP contribution in [0.1, 0.15) is 0 Å². The third kappa shape index (κ3) is 4.89. The van der Waals surface area contributed by atoms with Gasteiger partial charge < -0.3 is 15.3 Å². The Morgan fingerprint density at radius 2 is 2.14 bits per heavy atom. The molecule has 4 heterocycles. The number of nitrogens with zero attached hydrogens (tertiary/aromatic N) is 4. The van der Waals surface area contributed by atoms with E-state index < -0.39 is 29.2 Å². The van der Waals surface area contributed by atoms with Gasteiger partial charge in [0.1, 0.15) is 29.7 Å². The average molecular weight is 580 g/mol. The molecular weight excluding hydrogens is 563 g/mol. The van der Waals surface area contributed by atoms with Crippen molar-refractivity contribution in [1.82, 2.24) is 20.4 Å². The molecule has 1 aromatic heterocycles. The number of carboxylic acids is 1. The Labute approximate surface area is 226 Å². The molecule has 1 unspecified atom stereocenters. The monoisotopic (exact) mass is 579 g/mol. The molecule has 10 nitrogen and oxygen atoms in total. The zero-order chi connectivity index (χ0) is 25.2. The molecule has 2 aromatic rings. The number of thioether (sulfide) groups is 4. The molecule has 0 spiro atoms. The summed E-state index contributed by atoms with van der Waals surface area (Å²) in [6.07, 6.45) is 0. The Morgan fingerprint density at radius 1 is 1.33 bits per heavy atom. The highest BCUT2D eigenvalue weighted by Crippen LogP contribution is 2.44. The van der Waals surface area contributed by atoms with Crippen LogP contribution in [0.4, 0.5) is 0 Å². The fourth-order valence-corrected chi connectivity index (χ4v) is 8.71. The number of rotatable bonds is 8. The maximum Gasteiger partial charge on any atom is 0.352 e. The van der Waals surface area contributed by atoms with Crippen molar-refractivity contribution in [2.75, 3.05) is 18.6 Å². The molecule has 3 aliphatic rings. The molecule has 2 amide bonds. The lowest BCUT2D eigenvalue weighted by Gasteiger charge is -2.49. The van der Waals surface area contributed by atoms with Crippen LogP contribution in [0.2, 0.25) is 0 Å². The minimum absolute atomic E-state index is 0.0319. The summed E-state index contributed by atoms with van der Waals surface area (Å²) in [7, 11) is 1.35. The van der Waals surface area contributed by atoms with Crippen LogP contribution in [0.3, 0.4) is 0 Å². The van der Waals surface area contributed by atoms with Crippen molar-refractivity contribution in [2.24, 2.45) is 5.16 Å². The number of benzene rings is 1. The van der Waals surface area contributed by atoms with E-state index in [1.807, 2.05) is 29.7 Å². The lowest BCUT2D eigenvalue weighted by molar-refractivity contribution is -0.150. The van der Waals surface area contributed by atoms with Gasteiger partial charge in [-0.25, -0.2) is 4.79 Å². The van der Waals surface area contributed by atoms with Crippen LogP contribution in [0.15, 0.2) is 70.6 Å². The first-order valence-corrected chi connectivity index (χ1v) is 14.9. The number of carbonyl (C=O) groups excluding carboxylic acids is 2. The maximum absolute atomic E-state index is 13.2. The molecule has 0 bridgehead atoms. The fraction of sp³-hybridized carbons (Fsp3) is 0.238. The Kier molecular flexibility index (Phi) is 7.62. The molecule has 0 aliphatic carbocycles. The van der Waals surface area contributed by atoms with Crippen LogP contribution < -0.4 is 5.32 Å². The van der Waals surface area contributed by atoms with E-state index in [9.17, 15) is 19.5 Å². The standard InChI is InChI=1S/C21H17N5O5S5/c1-31-25-14(13-8-32-11-4-2-3-5-12(11)36-13)17(27)23-15-18(28)26-16(20(29)30)10(6-33-19(15)26)7-34-21-24-22-9-35-21/h2-5,8-9,15,19H,6-7H2,1H3,(H,23,27)(H,29,30)/t15?,19-/m1/s1. The number of carbonyl (C=O) groups is 3. The van der Waals surface area contributed by atoms with Gasteiger partial charge in [-0.05, 0) is 23.1 Å². The van der Waals surface area contributed by atoms with E-state index in [0.717, 1.165) is 14.1 Å². The molecule has 36 heavy (non-hydrogen) atoms. The molecular formula is C21H17N5O5S5. The van der Waals surface area contributed by atoms with Crippen molar-refractivity contribution in [3.05, 3.63) is 51.4 Å². The second kappa shape index (κ2) is 10.9. The molecule has 1 saturated heterocycles. The van der Waals surface area contributed by atoms with Crippen LogP contribution in [0, 0.1) is 0 Å². The lowest BCUT2D eigenvalue weighted by Crippen LogP contribution is -2.71. The first-order valence-electron chi connectivity index (χ1n) is 10.3. The van der Waals surface area contributed by atoms with Crippen molar-refractivity contribution in [3.8, 4) is 0 Å². The van der Waals surface area contributed by atoms with Crippen molar-refractivity contribution in [3.63, 3.8) is 0 Å². The van der Waals surface area contributed by atoms with Gasteiger partial charge in [-0.1, -0.05) is 63.9 Å². The van der Waals surface area contributed by atoms with E-state index in [0.29, 0.717) is 22.0 Å². The van der Waals surface area contributed by atoms with Gasteiger partial charge in [0.05, 0.1) is 4.91 Å². The molecule has 3 aliphatic heterocycles. The third-order valence-corrected chi connectivity index (χ3v) is 10.9. The molecule has 2 N–H and O–H groups in total. The van der Waals surface area contributed by atoms with E-state index in [1.54, 1.807) is 5.51 Å². The lowest BCUT2D eigenvalue weighted by atomic mass is 10.0. The maximum atomic E-state index is 13.2. The molecule has 1 aromatic carbocycles. The molecule has 186 valence electrons. The number of fused-ring (bicyclic) bond motifs is 2. The van der Waals surface area contributed by atoms with Crippen molar-refractivity contribution in [2.45, 2.75) is 25.5 Å². The van der Waals surface area contributed by atoms with Gasteiger partial charge in [0.15, 0.2) is 10.1 Å². The molecule has 1 fully saturated rings. The zero-order valence-electron chi connectivity index (χ0n) is 18.4. The summed E-state index contributed by atoms with van der Waals surface area (Å²) < 4.78 is 0.722. The number of amides is 2. The summed E-state index contributed by atoms with van der Waals surface area (Å²) in [5.74, 6) is -1.41. The Hall–Kier alpha value is -2.46.